The topological polar surface area (TPSA) is 94.1 Å². The predicted molar refractivity (Wildman–Crippen MR) is 124 cm³/mol. The van der Waals surface area contributed by atoms with E-state index in [1.54, 1.807) is 61.7 Å². The lowest BCUT2D eigenvalue weighted by atomic mass is 10.2. The van der Waals surface area contributed by atoms with Gasteiger partial charge in [0.2, 0.25) is 0 Å². The molecule has 3 rings (SSSR count). The zero-order valence-electron chi connectivity index (χ0n) is 16.1. The number of ether oxygens (including phenoxy) is 1. The molecule has 0 fully saturated rings. The Morgan fingerprint density at radius 3 is 2.19 bits per heavy atom. The molecule has 0 radical (unpaired) electrons. The fourth-order valence-corrected chi connectivity index (χ4v) is 5.03. The number of rotatable bonds is 7. The minimum absolute atomic E-state index is 0.0423. The number of halogens is 2. The summed E-state index contributed by atoms with van der Waals surface area (Å²) < 4.78 is 36.1. The van der Waals surface area contributed by atoms with E-state index >= 15 is 0 Å². The zero-order chi connectivity index (χ0) is 22.4. The third-order valence-corrected chi connectivity index (χ3v) is 6.39. The van der Waals surface area contributed by atoms with Crippen LogP contribution in [0.3, 0.4) is 0 Å². The Labute approximate surface area is 196 Å². The summed E-state index contributed by atoms with van der Waals surface area (Å²) in [6, 6.07) is 17.7. The highest BCUT2D eigenvalue weighted by atomic mass is 79.9. The first kappa shape index (κ1) is 23.0. The Bertz CT molecular complexity index is 1190. The summed E-state index contributed by atoms with van der Waals surface area (Å²) in [6.07, 6.45) is 1.42. The van der Waals surface area contributed by atoms with Crippen LogP contribution in [0.4, 0.5) is 0 Å². The Morgan fingerprint density at radius 1 is 1.00 bits per heavy atom. The van der Waals surface area contributed by atoms with Crippen LogP contribution in [0.5, 0.6) is 11.5 Å². The molecular weight excluding hydrogens is 552 g/mol. The molecule has 0 heterocycles. The van der Waals surface area contributed by atoms with E-state index in [4.69, 9.17) is 8.92 Å². The summed E-state index contributed by atoms with van der Waals surface area (Å²) >= 11 is 6.63. The average Bonchev–Trinajstić information content (AvgIpc) is 2.77. The molecule has 0 aliphatic carbocycles. The molecule has 3 aromatic carbocycles. The molecule has 0 unspecified atom stereocenters. The van der Waals surface area contributed by atoms with Crippen molar-refractivity contribution in [3.8, 4) is 11.5 Å². The largest absolute Gasteiger partial charge is 0.497 e. The van der Waals surface area contributed by atoms with Gasteiger partial charge in [0.15, 0.2) is 5.75 Å². The average molecular weight is 568 g/mol. The van der Waals surface area contributed by atoms with Gasteiger partial charge in [-0.25, -0.2) is 5.43 Å². The highest BCUT2D eigenvalue weighted by Gasteiger charge is 2.20. The molecule has 1 amide bonds. The molecule has 0 spiro atoms. The molecule has 31 heavy (non-hydrogen) atoms. The first-order valence-electron chi connectivity index (χ1n) is 8.76. The Morgan fingerprint density at radius 2 is 1.61 bits per heavy atom. The monoisotopic (exact) mass is 566 g/mol. The van der Waals surface area contributed by atoms with E-state index in [1.165, 1.54) is 18.3 Å². The van der Waals surface area contributed by atoms with Crippen molar-refractivity contribution >= 4 is 54.1 Å². The lowest BCUT2D eigenvalue weighted by Crippen LogP contribution is -2.17. The van der Waals surface area contributed by atoms with Crippen LogP contribution >= 0.6 is 31.9 Å². The number of hydrazone groups is 1. The number of methoxy groups -OCH3 is 1. The number of hydrogen-bond acceptors (Lipinski definition) is 6. The molecule has 0 aliphatic heterocycles. The first-order valence-corrected chi connectivity index (χ1v) is 11.8. The van der Waals surface area contributed by atoms with Crippen molar-refractivity contribution in [2.24, 2.45) is 5.10 Å². The number of amides is 1. The molecule has 0 saturated heterocycles. The van der Waals surface area contributed by atoms with Crippen molar-refractivity contribution in [3.05, 3.63) is 86.8 Å². The molecule has 10 heteroatoms. The summed E-state index contributed by atoms with van der Waals surface area (Å²) in [7, 11) is -2.45. The van der Waals surface area contributed by atoms with Crippen LogP contribution in [0.15, 0.2) is 85.7 Å². The number of hydrogen-bond donors (Lipinski definition) is 1. The lowest BCUT2D eigenvalue weighted by molar-refractivity contribution is 0.0955. The number of carbonyl (C=O) groups is 1. The van der Waals surface area contributed by atoms with Crippen molar-refractivity contribution in [1.29, 1.82) is 0 Å². The van der Waals surface area contributed by atoms with Crippen LogP contribution in [0, 0.1) is 0 Å². The Hall–Kier alpha value is -2.69. The van der Waals surface area contributed by atoms with Crippen LogP contribution in [0.1, 0.15) is 15.9 Å². The molecule has 7 nitrogen and oxygen atoms in total. The third-order valence-electron chi connectivity index (χ3n) is 3.98. The summed E-state index contributed by atoms with van der Waals surface area (Å²) in [6.45, 7) is 0. The number of carbonyl (C=O) groups excluding carboxylic acids is 1. The zero-order valence-corrected chi connectivity index (χ0v) is 20.1. The summed E-state index contributed by atoms with van der Waals surface area (Å²) in [5.41, 5.74) is 3.45. The number of nitrogens with zero attached hydrogens (tertiary/aromatic N) is 1. The van der Waals surface area contributed by atoms with Crippen LogP contribution in [-0.2, 0) is 10.1 Å². The second kappa shape index (κ2) is 10.1. The van der Waals surface area contributed by atoms with Crippen LogP contribution in [0.25, 0.3) is 0 Å². The smallest absolute Gasteiger partial charge is 0.339 e. The van der Waals surface area contributed by atoms with E-state index in [9.17, 15) is 13.2 Å². The van der Waals surface area contributed by atoms with E-state index in [0.717, 1.165) is 0 Å². The van der Waals surface area contributed by atoms with Crippen molar-refractivity contribution in [2.75, 3.05) is 7.11 Å². The van der Waals surface area contributed by atoms with Crippen LogP contribution < -0.4 is 14.3 Å². The van der Waals surface area contributed by atoms with Crippen molar-refractivity contribution in [1.82, 2.24) is 5.43 Å². The fraction of sp³-hybridized carbons (Fsp3) is 0.0476. The lowest BCUT2D eigenvalue weighted by Gasteiger charge is -2.11. The van der Waals surface area contributed by atoms with Gasteiger partial charge in [-0.3, -0.25) is 4.79 Å². The van der Waals surface area contributed by atoms with Crippen molar-refractivity contribution in [2.45, 2.75) is 4.90 Å². The van der Waals surface area contributed by atoms with Gasteiger partial charge in [-0.2, -0.15) is 13.5 Å². The van der Waals surface area contributed by atoms with E-state index in [1.807, 2.05) is 0 Å². The second-order valence-corrected chi connectivity index (χ2v) is 9.35. The maximum absolute atomic E-state index is 12.5. The second-order valence-electron chi connectivity index (χ2n) is 6.09. The minimum Gasteiger partial charge on any atom is -0.497 e. The normalized spacial score (nSPS) is 11.3. The van der Waals surface area contributed by atoms with Gasteiger partial charge in [0, 0.05) is 5.56 Å². The van der Waals surface area contributed by atoms with Gasteiger partial charge in [-0.05, 0) is 86.0 Å². The molecule has 3 aromatic rings. The van der Waals surface area contributed by atoms with E-state index < -0.39 is 10.1 Å². The molecule has 0 aromatic heterocycles. The highest BCUT2D eigenvalue weighted by molar-refractivity contribution is 9.11. The van der Waals surface area contributed by atoms with Gasteiger partial charge in [0.05, 0.1) is 22.3 Å². The van der Waals surface area contributed by atoms with Gasteiger partial charge in [-0.15, -0.1) is 0 Å². The first-order chi connectivity index (χ1) is 14.8. The van der Waals surface area contributed by atoms with Gasteiger partial charge >= 0.3 is 10.1 Å². The van der Waals surface area contributed by atoms with Crippen LogP contribution in [0.2, 0.25) is 0 Å². The van der Waals surface area contributed by atoms with Crippen LogP contribution in [-0.4, -0.2) is 27.6 Å². The van der Waals surface area contributed by atoms with Gasteiger partial charge in [-0.1, -0.05) is 18.2 Å². The van der Waals surface area contributed by atoms with E-state index in [0.29, 0.717) is 25.8 Å². The third kappa shape index (κ3) is 5.93. The minimum atomic E-state index is -3.99. The predicted octanol–water partition coefficient (Wildman–Crippen LogP) is 4.75. The van der Waals surface area contributed by atoms with E-state index in [-0.39, 0.29) is 16.6 Å². The van der Waals surface area contributed by atoms with Gasteiger partial charge in [0.1, 0.15) is 10.6 Å². The Balaban J connectivity index is 1.71. The standard InChI is InChI=1S/C21H16Br2N2O5S/c1-29-16-9-7-15(8-10-16)21(26)25-24-13-14-11-18(22)20(19(23)12-14)30-31(27,28)17-5-3-2-4-6-17/h2-13H,1H3,(H,25,26)/b24-13-. The number of nitrogens with one attached hydrogen (secondary N) is 1. The van der Waals surface area contributed by atoms with Gasteiger partial charge in [0.25, 0.3) is 5.91 Å². The molecule has 0 saturated carbocycles. The quantitative estimate of drug-likeness (QED) is 0.252. The van der Waals surface area contributed by atoms with Crippen molar-refractivity contribution < 1.29 is 22.1 Å². The Kier molecular flexibility index (Phi) is 7.47. The molecule has 0 atom stereocenters. The number of benzene rings is 3. The van der Waals surface area contributed by atoms with Crippen molar-refractivity contribution in [3.63, 3.8) is 0 Å². The van der Waals surface area contributed by atoms with E-state index in [2.05, 4.69) is 42.4 Å². The van der Waals surface area contributed by atoms with Gasteiger partial charge < -0.3 is 8.92 Å². The molecule has 160 valence electrons. The molecule has 0 bridgehead atoms. The fourth-order valence-electron chi connectivity index (χ4n) is 2.45. The summed E-state index contributed by atoms with van der Waals surface area (Å²) in [5.74, 6) is 0.362. The highest BCUT2D eigenvalue weighted by Crippen LogP contribution is 2.36. The molecule has 1 N–H and O–H groups in total. The summed E-state index contributed by atoms with van der Waals surface area (Å²) in [5, 5.41) is 3.94. The maximum Gasteiger partial charge on any atom is 0.339 e. The SMILES string of the molecule is COc1ccc(C(=O)N/N=C\c2cc(Br)c(OS(=O)(=O)c3ccccc3)c(Br)c2)cc1. The summed E-state index contributed by atoms with van der Waals surface area (Å²) in [4.78, 5) is 12.2. The molecular formula is C21H16Br2N2O5S. The molecule has 0 aliphatic rings. The maximum atomic E-state index is 12.5.